The number of nitrogens with zero attached hydrogens (tertiary/aromatic N) is 1. The molecular weight excluding hydrogens is 104 g/mol. The first-order valence-electron chi connectivity index (χ1n) is 2.41. The van der Waals surface area contributed by atoms with Crippen molar-refractivity contribution >= 4 is 6.21 Å². The molecule has 1 atom stereocenters. The predicted molar refractivity (Wildman–Crippen MR) is 31.6 cm³/mol. The normalized spacial score (nSPS) is 35.8. The molecule has 0 aromatic carbocycles. The van der Waals surface area contributed by atoms with E-state index in [1.54, 1.807) is 6.08 Å². The minimum atomic E-state index is -1.29. The predicted octanol–water partition coefficient (Wildman–Crippen LogP) is -0.726. The van der Waals surface area contributed by atoms with Gasteiger partial charge in [-0.15, -0.1) is 0 Å². The molecular formula is C5H8N2O. The monoisotopic (exact) mass is 112 g/mol. The first kappa shape index (κ1) is 5.47. The maximum Gasteiger partial charge on any atom is 0.168 e. The molecule has 0 bridgehead atoms. The average molecular weight is 112 g/mol. The Kier molecular flexibility index (Phi) is 1.15. The van der Waals surface area contributed by atoms with Crippen molar-refractivity contribution in [3.05, 3.63) is 12.2 Å². The fourth-order valence-corrected chi connectivity index (χ4v) is 0.544. The van der Waals surface area contributed by atoms with E-state index < -0.39 is 5.72 Å². The second kappa shape index (κ2) is 1.69. The molecule has 8 heavy (non-hydrogen) atoms. The van der Waals surface area contributed by atoms with Gasteiger partial charge in [-0.3, -0.25) is 10.7 Å². The van der Waals surface area contributed by atoms with Gasteiger partial charge in [-0.1, -0.05) is 6.08 Å². The summed E-state index contributed by atoms with van der Waals surface area (Å²) in [6.07, 6.45) is 4.56. The van der Waals surface area contributed by atoms with E-state index in [9.17, 15) is 0 Å². The van der Waals surface area contributed by atoms with Crippen molar-refractivity contribution in [1.82, 2.24) is 0 Å². The van der Waals surface area contributed by atoms with Gasteiger partial charge in [0.15, 0.2) is 5.72 Å². The summed E-state index contributed by atoms with van der Waals surface area (Å²) in [6.45, 7) is 0.625. The molecule has 0 aromatic heterocycles. The van der Waals surface area contributed by atoms with Crippen molar-refractivity contribution in [1.29, 1.82) is 0 Å². The summed E-state index contributed by atoms with van der Waals surface area (Å²) in [7, 11) is 0. The van der Waals surface area contributed by atoms with E-state index in [1.165, 1.54) is 12.3 Å². The lowest BCUT2D eigenvalue weighted by atomic mass is 10.2. The highest BCUT2D eigenvalue weighted by Crippen LogP contribution is 1.97. The number of aliphatic imine (C=N–C) groups is 1. The highest BCUT2D eigenvalue weighted by Gasteiger charge is 2.13. The van der Waals surface area contributed by atoms with E-state index >= 15 is 0 Å². The highest BCUT2D eigenvalue weighted by atomic mass is 16.3. The van der Waals surface area contributed by atoms with Crippen molar-refractivity contribution in [2.75, 3.05) is 6.54 Å². The zero-order chi connectivity index (χ0) is 6.04. The summed E-state index contributed by atoms with van der Waals surface area (Å²) < 4.78 is 0. The fourth-order valence-electron chi connectivity index (χ4n) is 0.544. The molecule has 0 saturated heterocycles. The summed E-state index contributed by atoms with van der Waals surface area (Å²) in [6, 6.07) is 0. The zero-order valence-electron chi connectivity index (χ0n) is 4.41. The van der Waals surface area contributed by atoms with Gasteiger partial charge in [-0.05, 0) is 6.08 Å². The van der Waals surface area contributed by atoms with Gasteiger partial charge in [0.25, 0.3) is 0 Å². The quantitative estimate of drug-likeness (QED) is 0.321. The van der Waals surface area contributed by atoms with Crippen molar-refractivity contribution in [2.24, 2.45) is 10.7 Å². The third-order valence-corrected chi connectivity index (χ3v) is 0.894. The molecule has 1 unspecified atom stereocenters. The molecule has 0 aliphatic carbocycles. The smallest absolute Gasteiger partial charge is 0.168 e. The number of rotatable bonds is 0. The largest absolute Gasteiger partial charge is 0.367 e. The number of dihydropyridines is 1. The summed E-state index contributed by atoms with van der Waals surface area (Å²) in [4.78, 5) is 3.74. The first-order chi connectivity index (χ1) is 3.71. The molecule has 0 aromatic rings. The van der Waals surface area contributed by atoms with Crippen LogP contribution in [0.4, 0.5) is 0 Å². The zero-order valence-corrected chi connectivity index (χ0v) is 4.41. The maximum absolute atomic E-state index is 8.92. The second-order valence-corrected chi connectivity index (χ2v) is 1.78. The van der Waals surface area contributed by atoms with E-state index in [-0.39, 0.29) is 0 Å². The number of hydrogen-bond acceptors (Lipinski definition) is 3. The van der Waals surface area contributed by atoms with Crippen molar-refractivity contribution in [3.8, 4) is 0 Å². The average Bonchev–Trinajstić information content (AvgIpc) is 1.65. The van der Waals surface area contributed by atoms with Crippen LogP contribution in [0.5, 0.6) is 0 Å². The SMILES string of the molecule is NC1(O)C=CCN=C1. The van der Waals surface area contributed by atoms with Crippen LogP contribution in [-0.4, -0.2) is 23.6 Å². The molecule has 3 N–H and O–H groups in total. The molecule has 0 spiro atoms. The van der Waals surface area contributed by atoms with E-state index in [4.69, 9.17) is 10.8 Å². The van der Waals surface area contributed by atoms with Crippen molar-refractivity contribution in [3.63, 3.8) is 0 Å². The minimum Gasteiger partial charge on any atom is -0.367 e. The summed E-state index contributed by atoms with van der Waals surface area (Å²) in [5.41, 5.74) is 3.90. The molecule has 0 saturated carbocycles. The molecule has 3 heteroatoms. The Morgan fingerprint density at radius 1 is 1.75 bits per heavy atom. The van der Waals surface area contributed by atoms with Gasteiger partial charge < -0.3 is 5.11 Å². The third kappa shape index (κ3) is 1.15. The Morgan fingerprint density at radius 3 is 2.75 bits per heavy atom. The maximum atomic E-state index is 8.92. The van der Waals surface area contributed by atoms with E-state index in [0.717, 1.165) is 0 Å². The highest BCUT2D eigenvalue weighted by molar-refractivity contribution is 5.71. The Bertz CT molecular complexity index is 123. The van der Waals surface area contributed by atoms with Crippen LogP contribution in [0.15, 0.2) is 17.1 Å². The van der Waals surface area contributed by atoms with Crippen LogP contribution in [0.3, 0.4) is 0 Å². The standard InChI is InChI=1S/C5H8N2O/c6-5(8)2-1-3-7-4-5/h1-2,4,8H,3,6H2. The molecule has 0 fully saturated rings. The van der Waals surface area contributed by atoms with Gasteiger partial charge in [0, 0.05) is 6.21 Å². The lowest BCUT2D eigenvalue weighted by molar-refractivity contribution is 0.175. The van der Waals surface area contributed by atoms with E-state index in [0.29, 0.717) is 6.54 Å². The van der Waals surface area contributed by atoms with Crippen molar-refractivity contribution < 1.29 is 5.11 Å². The van der Waals surface area contributed by atoms with Gasteiger partial charge in [-0.25, -0.2) is 0 Å². The molecule has 0 radical (unpaired) electrons. The van der Waals surface area contributed by atoms with Gasteiger partial charge in [0.05, 0.1) is 6.54 Å². The Labute approximate surface area is 47.5 Å². The fraction of sp³-hybridized carbons (Fsp3) is 0.400. The van der Waals surface area contributed by atoms with Crippen LogP contribution in [0, 0.1) is 0 Å². The summed E-state index contributed by atoms with van der Waals surface area (Å²) in [5.74, 6) is 0. The number of aliphatic hydroxyl groups is 1. The molecule has 1 heterocycles. The second-order valence-electron chi connectivity index (χ2n) is 1.78. The van der Waals surface area contributed by atoms with Gasteiger partial charge in [0.1, 0.15) is 0 Å². The van der Waals surface area contributed by atoms with Crippen LogP contribution in [0.2, 0.25) is 0 Å². The topological polar surface area (TPSA) is 58.6 Å². The van der Waals surface area contributed by atoms with Crippen LogP contribution in [0.1, 0.15) is 0 Å². The van der Waals surface area contributed by atoms with Crippen LogP contribution < -0.4 is 5.73 Å². The number of nitrogens with two attached hydrogens (primary N) is 1. The molecule has 1 aliphatic heterocycles. The van der Waals surface area contributed by atoms with Gasteiger partial charge in [-0.2, -0.15) is 0 Å². The van der Waals surface area contributed by atoms with Crippen LogP contribution >= 0.6 is 0 Å². The minimum absolute atomic E-state index is 0.625. The molecule has 1 aliphatic rings. The molecule has 0 amide bonds. The Balaban J connectivity index is 2.69. The first-order valence-corrected chi connectivity index (χ1v) is 2.41. The lowest BCUT2D eigenvalue weighted by Crippen LogP contribution is -2.40. The molecule has 1 rings (SSSR count). The van der Waals surface area contributed by atoms with Crippen LogP contribution in [-0.2, 0) is 0 Å². The van der Waals surface area contributed by atoms with Gasteiger partial charge >= 0.3 is 0 Å². The number of hydrogen-bond donors (Lipinski definition) is 2. The van der Waals surface area contributed by atoms with E-state index in [2.05, 4.69) is 4.99 Å². The van der Waals surface area contributed by atoms with Crippen molar-refractivity contribution in [2.45, 2.75) is 5.72 Å². The summed E-state index contributed by atoms with van der Waals surface area (Å²) in [5, 5.41) is 8.92. The van der Waals surface area contributed by atoms with E-state index in [1.807, 2.05) is 0 Å². The molecule has 3 nitrogen and oxygen atoms in total. The Hall–Kier alpha value is -0.670. The Morgan fingerprint density at radius 2 is 2.50 bits per heavy atom. The van der Waals surface area contributed by atoms with Crippen LogP contribution in [0.25, 0.3) is 0 Å². The summed E-state index contributed by atoms with van der Waals surface area (Å²) >= 11 is 0. The third-order valence-electron chi connectivity index (χ3n) is 0.894. The van der Waals surface area contributed by atoms with Gasteiger partial charge in [0.2, 0.25) is 0 Å². The lowest BCUT2D eigenvalue weighted by Gasteiger charge is -2.14. The molecule has 44 valence electrons.